The lowest BCUT2D eigenvalue weighted by Crippen LogP contribution is -1.89. The number of aromatic amines is 1. The van der Waals surface area contributed by atoms with Gasteiger partial charge in [-0.2, -0.15) is 0 Å². The molecule has 0 aliphatic heterocycles. The van der Waals surface area contributed by atoms with E-state index in [0.717, 1.165) is 39.4 Å². The summed E-state index contributed by atoms with van der Waals surface area (Å²) >= 11 is 1.65. The topological polar surface area (TPSA) is 58.6 Å². The smallest absolute Gasteiger partial charge is 0.166 e. The summed E-state index contributed by atoms with van der Waals surface area (Å²) in [5.74, 6) is 0.796. The molecule has 0 atom stereocenters. The second-order valence-corrected chi connectivity index (χ2v) is 6.59. The molecule has 2 heterocycles. The van der Waals surface area contributed by atoms with E-state index in [1.54, 1.807) is 24.2 Å². The Morgan fingerprint density at radius 3 is 2.88 bits per heavy atom. The first-order valence-corrected chi connectivity index (χ1v) is 8.88. The van der Waals surface area contributed by atoms with E-state index in [0.29, 0.717) is 5.56 Å². The van der Waals surface area contributed by atoms with Crippen LogP contribution in [-0.4, -0.2) is 21.2 Å². The van der Waals surface area contributed by atoms with Gasteiger partial charge in [0.1, 0.15) is 5.52 Å². The molecule has 0 amide bonds. The Hall–Kier alpha value is -2.92. The van der Waals surface area contributed by atoms with Crippen molar-refractivity contribution in [1.82, 2.24) is 15.0 Å². The first-order valence-electron chi connectivity index (χ1n) is 7.89. The molecule has 5 heteroatoms. The van der Waals surface area contributed by atoms with E-state index in [2.05, 4.69) is 27.1 Å². The number of carbonyl (C=O) groups excluding carboxylic acids is 1. The van der Waals surface area contributed by atoms with Crippen molar-refractivity contribution in [3.8, 4) is 11.1 Å². The van der Waals surface area contributed by atoms with E-state index in [9.17, 15) is 4.79 Å². The van der Waals surface area contributed by atoms with Crippen LogP contribution in [-0.2, 0) is 5.75 Å². The summed E-state index contributed by atoms with van der Waals surface area (Å²) in [6.07, 6.45) is 4.41. The van der Waals surface area contributed by atoms with Gasteiger partial charge in [-0.3, -0.25) is 9.78 Å². The highest BCUT2D eigenvalue weighted by atomic mass is 32.2. The van der Waals surface area contributed by atoms with Gasteiger partial charge in [-0.1, -0.05) is 60.3 Å². The Morgan fingerprint density at radius 1 is 1.08 bits per heavy atom. The Labute approximate surface area is 149 Å². The fourth-order valence-electron chi connectivity index (χ4n) is 2.74. The van der Waals surface area contributed by atoms with Crippen molar-refractivity contribution in [3.05, 3.63) is 78.1 Å². The van der Waals surface area contributed by atoms with Crippen molar-refractivity contribution in [2.75, 3.05) is 0 Å². The van der Waals surface area contributed by atoms with Crippen molar-refractivity contribution in [2.45, 2.75) is 10.9 Å². The van der Waals surface area contributed by atoms with E-state index in [-0.39, 0.29) is 0 Å². The molecule has 0 saturated heterocycles. The maximum atomic E-state index is 11.3. The molecule has 2 aromatic carbocycles. The highest BCUT2D eigenvalue weighted by Gasteiger charge is 2.07. The fourth-order valence-corrected chi connectivity index (χ4v) is 3.57. The van der Waals surface area contributed by atoms with Crippen molar-refractivity contribution in [2.24, 2.45) is 0 Å². The van der Waals surface area contributed by atoms with Gasteiger partial charge in [0.2, 0.25) is 0 Å². The van der Waals surface area contributed by atoms with Gasteiger partial charge >= 0.3 is 0 Å². The van der Waals surface area contributed by atoms with E-state index < -0.39 is 0 Å². The first-order chi connectivity index (χ1) is 12.3. The lowest BCUT2D eigenvalue weighted by Gasteiger charge is -2.07. The van der Waals surface area contributed by atoms with Gasteiger partial charge in [-0.05, 0) is 22.8 Å². The van der Waals surface area contributed by atoms with Crippen molar-refractivity contribution >= 4 is 29.1 Å². The molecule has 25 heavy (non-hydrogen) atoms. The molecule has 0 unspecified atom stereocenters. The third kappa shape index (κ3) is 3.32. The van der Waals surface area contributed by atoms with Crippen LogP contribution in [0.15, 0.2) is 72.1 Å². The molecule has 0 saturated carbocycles. The third-order valence-corrected chi connectivity index (χ3v) is 4.91. The summed E-state index contributed by atoms with van der Waals surface area (Å²) in [5.41, 5.74) is 5.76. The van der Waals surface area contributed by atoms with Crippen LogP contribution in [0.2, 0.25) is 0 Å². The molecule has 1 N–H and O–H groups in total. The summed E-state index contributed by atoms with van der Waals surface area (Å²) < 4.78 is 0. The zero-order chi connectivity index (χ0) is 17.1. The number of fused-ring (bicyclic) bond motifs is 1. The number of aromatic nitrogens is 3. The number of H-pyrrole nitrogens is 1. The van der Waals surface area contributed by atoms with Gasteiger partial charge in [-0.15, -0.1) is 0 Å². The lowest BCUT2D eigenvalue weighted by atomic mass is 9.99. The standard InChI is InChI=1S/C20H15N3OS/c24-12-16-5-1-2-7-17(16)15-6-3-4-14(10-15)13-25-20-22-18-8-9-21-11-19(18)23-20/h1-12H,13H2,(H,22,23). The van der Waals surface area contributed by atoms with Gasteiger partial charge in [0, 0.05) is 17.5 Å². The maximum absolute atomic E-state index is 11.3. The lowest BCUT2D eigenvalue weighted by molar-refractivity contribution is 0.112. The minimum Gasteiger partial charge on any atom is -0.333 e. The minimum absolute atomic E-state index is 0.706. The molecule has 122 valence electrons. The molecule has 0 fully saturated rings. The number of thioether (sulfide) groups is 1. The van der Waals surface area contributed by atoms with Crippen molar-refractivity contribution in [3.63, 3.8) is 0 Å². The van der Waals surface area contributed by atoms with E-state index in [1.807, 2.05) is 42.5 Å². The minimum atomic E-state index is 0.706. The van der Waals surface area contributed by atoms with Crippen molar-refractivity contribution < 1.29 is 4.79 Å². The molecule has 2 aromatic heterocycles. The molecule has 0 aliphatic carbocycles. The largest absolute Gasteiger partial charge is 0.333 e. The molecule has 0 spiro atoms. The predicted molar refractivity (Wildman–Crippen MR) is 101 cm³/mol. The monoisotopic (exact) mass is 345 g/mol. The summed E-state index contributed by atoms with van der Waals surface area (Å²) in [7, 11) is 0. The quantitative estimate of drug-likeness (QED) is 0.420. The molecule has 4 aromatic rings. The first kappa shape index (κ1) is 15.6. The molecule has 0 bridgehead atoms. The van der Waals surface area contributed by atoms with Crippen LogP contribution >= 0.6 is 11.8 Å². The van der Waals surface area contributed by atoms with Crippen LogP contribution in [0.1, 0.15) is 15.9 Å². The average molecular weight is 345 g/mol. The second kappa shape index (κ2) is 6.91. The molecule has 4 nitrogen and oxygen atoms in total. The average Bonchev–Trinajstić information content (AvgIpc) is 3.09. The normalized spacial score (nSPS) is 10.9. The van der Waals surface area contributed by atoms with Crippen LogP contribution in [0, 0.1) is 0 Å². The number of rotatable bonds is 5. The zero-order valence-corrected chi connectivity index (χ0v) is 14.2. The third-order valence-electron chi connectivity index (χ3n) is 3.96. The molecular formula is C20H15N3OS. The SMILES string of the molecule is O=Cc1ccccc1-c1cccc(CSc2nc3cnccc3[nH]2)c1. The Bertz CT molecular complexity index is 1010. The maximum Gasteiger partial charge on any atom is 0.166 e. The second-order valence-electron chi connectivity index (χ2n) is 5.63. The number of hydrogen-bond donors (Lipinski definition) is 1. The molecule has 4 rings (SSSR count). The van der Waals surface area contributed by atoms with Gasteiger partial charge in [0.25, 0.3) is 0 Å². The van der Waals surface area contributed by atoms with Crippen LogP contribution in [0.4, 0.5) is 0 Å². The molecule has 0 aliphatic rings. The van der Waals surface area contributed by atoms with Crippen LogP contribution < -0.4 is 0 Å². The van der Waals surface area contributed by atoms with E-state index >= 15 is 0 Å². The van der Waals surface area contributed by atoms with Gasteiger partial charge in [0.15, 0.2) is 11.4 Å². The summed E-state index contributed by atoms with van der Waals surface area (Å²) in [5, 5.41) is 0.877. The number of nitrogens with one attached hydrogen (secondary N) is 1. The van der Waals surface area contributed by atoms with E-state index in [1.165, 1.54) is 5.56 Å². The Kier molecular flexibility index (Phi) is 4.31. The van der Waals surface area contributed by atoms with Gasteiger partial charge in [-0.25, -0.2) is 4.98 Å². The number of benzene rings is 2. The number of carbonyl (C=O) groups is 1. The number of aldehydes is 1. The van der Waals surface area contributed by atoms with Crippen LogP contribution in [0.25, 0.3) is 22.2 Å². The zero-order valence-electron chi connectivity index (χ0n) is 13.3. The van der Waals surface area contributed by atoms with Crippen LogP contribution in [0.3, 0.4) is 0 Å². The highest BCUT2D eigenvalue weighted by Crippen LogP contribution is 2.27. The molecule has 0 radical (unpaired) electrons. The predicted octanol–water partition coefficient (Wildman–Crippen LogP) is 4.73. The fraction of sp³-hybridized carbons (Fsp3) is 0.0500. The Morgan fingerprint density at radius 2 is 2.00 bits per heavy atom. The Balaban J connectivity index is 1.56. The number of hydrogen-bond acceptors (Lipinski definition) is 4. The summed E-state index contributed by atoms with van der Waals surface area (Å²) in [6, 6.07) is 17.8. The summed E-state index contributed by atoms with van der Waals surface area (Å²) in [6.45, 7) is 0. The van der Waals surface area contributed by atoms with Gasteiger partial charge in [0.05, 0.1) is 11.7 Å². The van der Waals surface area contributed by atoms with Gasteiger partial charge < -0.3 is 4.98 Å². The highest BCUT2D eigenvalue weighted by molar-refractivity contribution is 7.98. The van der Waals surface area contributed by atoms with Crippen molar-refractivity contribution in [1.29, 1.82) is 0 Å². The number of pyridine rings is 1. The number of imidazole rings is 1. The van der Waals surface area contributed by atoms with Crippen LogP contribution in [0.5, 0.6) is 0 Å². The van der Waals surface area contributed by atoms with E-state index in [4.69, 9.17) is 0 Å². The summed E-state index contributed by atoms with van der Waals surface area (Å²) in [4.78, 5) is 23.2. The number of nitrogens with zero attached hydrogens (tertiary/aromatic N) is 2. The molecular weight excluding hydrogens is 330 g/mol.